The Hall–Kier alpha value is -2.75. The molecular weight excluding hydrogens is 292 g/mol. The van der Waals surface area contributed by atoms with Gasteiger partial charge in [-0.05, 0) is 24.3 Å². The molecule has 0 aliphatic heterocycles. The SMILES string of the molecule is CC.CC.O=c1cc(-c2cccc(O)c2)oc2cc(O)ccc12. The second-order valence-electron chi connectivity index (χ2n) is 4.21. The van der Waals surface area contributed by atoms with E-state index < -0.39 is 0 Å². The zero-order chi connectivity index (χ0) is 17.4. The Kier molecular flexibility index (Phi) is 6.87. The Morgan fingerprint density at radius 3 is 2.13 bits per heavy atom. The summed E-state index contributed by atoms with van der Waals surface area (Å²) in [5.41, 5.74) is 0.716. The molecule has 0 saturated heterocycles. The minimum Gasteiger partial charge on any atom is -0.508 e. The van der Waals surface area contributed by atoms with E-state index in [4.69, 9.17) is 4.42 Å². The van der Waals surface area contributed by atoms with Crippen LogP contribution in [-0.2, 0) is 0 Å². The Labute approximate surface area is 135 Å². The smallest absolute Gasteiger partial charge is 0.193 e. The number of benzene rings is 2. The summed E-state index contributed by atoms with van der Waals surface area (Å²) in [6, 6.07) is 12.2. The largest absolute Gasteiger partial charge is 0.508 e. The first-order chi connectivity index (χ1) is 11.1. The number of rotatable bonds is 1. The molecule has 0 fully saturated rings. The van der Waals surface area contributed by atoms with Gasteiger partial charge in [-0.1, -0.05) is 39.8 Å². The van der Waals surface area contributed by atoms with Crippen LogP contribution in [0.2, 0.25) is 0 Å². The third-order valence-electron chi connectivity index (χ3n) is 2.84. The van der Waals surface area contributed by atoms with E-state index in [2.05, 4.69) is 0 Å². The molecule has 2 aromatic carbocycles. The highest BCUT2D eigenvalue weighted by Gasteiger charge is 2.08. The molecule has 3 rings (SSSR count). The molecule has 4 nitrogen and oxygen atoms in total. The number of phenolic OH excluding ortho intramolecular Hbond substituents is 2. The minimum absolute atomic E-state index is 0.0312. The van der Waals surface area contributed by atoms with Gasteiger partial charge in [0, 0.05) is 17.7 Å². The van der Waals surface area contributed by atoms with Crippen molar-refractivity contribution in [1.82, 2.24) is 0 Å². The van der Waals surface area contributed by atoms with Gasteiger partial charge in [0.25, 0.3) is 0 Å². The third-order valence-corrected chi connectivity index (χ3v) is 2.84. The van der Waals surface area contributed by atoms with E-state index in [1.54, 1.807) is 12.1 Å². The van der Waals surface area contributed by atoms with Crippen molar-refractivity contribution >= 4 is 11.0 Å². The molecule has 0 bridgehead atoms. The number of hydrogen-bond acceptors (Lipinski definition) is 4. The van der Waals surface area contributed by atoms with Gasteiger partial charge in [-0.2, -0.15) is 0 Å². The topological polar surface area (TPSA) is 70.7 Å². The van der Waals surface area contributed by atoms with Gasteiger partial charge in [-0.3, -0.25) is 4.79 Å². The van der Waals surface area contributed by atoms with Crippen molar-refractivity contribution in [3.8, 4) is 22.8 Å². The van der Waals surface area contributed by atoms with Crippen LogP contribution in [0.15, 0.2) is 57.7 Å². The van der Waals surface area contributed by atoms with Gasteiger partial charge in [0.1, 0.15) is 22.8 Å². The van der Waals surface area contributed by atoms with Crippen LogP contribution in [0.5, 0.6) is 11.5 Å². The zero-order valence-electron chi connectivity index (χ0n) is 13.8. The molecule has 0 saturated carbocycles. The van der Waals surface area contributed by atoms with Crippen LogP contribution < -0.4 is 5.43 Å². The number of aromatic hydroxyl groups is 2. The first-order valence-corrected chi connectivity index (χ1v) is 7.70. The standard InChI is InChI=1S/C15H10O4.2C2H6/c16-10-3-1-2-9(6-10)14-8-13(18)12-5-4-11(17)7-15(12)19-14;2*1-2/h1-8,16-17H;2*1-2H3. The molecule has 1 aromatic heterocycles. The average Bonchev–Trinajstić information content (AvgIpc) is 2.58. The van der Waals surface area contributed by atoms with Crippen molar-refractivity contribution in [3.63, 3.8) is 0 Å². The first-order valence-electron chi connectivity index (χ1n) is 7.70. The average molecular weight is 314 g/mol. The summed E-state index contributed by atoms with van der Waals surface area (Å²) < 4.78 is 5.59. The van der Waals surface area contributed by atoms with E-state index in [1.165, 1.54) is 36.4 Å². The lowest BCUT2D eigenvalue weighted by Crippen LogP contribution is -1.99. The van der Waals surface area contributed by atoms with Gasteiger partial charge in [0.2, 0.25) is 0 Å². The molecule has 0 aliphatic rings. The lowest BCUT2D eigenvalue weighted by Gasteiger charge is -2.04. The minimum atomic E-state index is -0.195. The Bertz CT molecular complexity index is 819. The fourth-order valence-corrected chi connectivity index (χ4v) is 1.95. The number of phenols is 2. The fraction of sp³-hybridized carbons (Fsp3) is 0.211. The van der Waals surface area contributed by atoms with Crippen LogP contribution in [0, 0.1) is 0 Å². The van der Waals surface area contributed by atoms with E-state index in [1.807, 2.05) is 27.7 Å². The Balaban J connectivity index is 0.000000615. The van der Waals surface area contributed by atoms with Crippen molar-refractivity contribution in [2.45, 2.75) is 27.7 Å². The van der Waals surface area contributed by atoms with Crippen molar-refractivity contribution < 1.29 is 14.6 Å². The van der Waals surface area contributed by atoms with Crippen molar-refractivity contribution in [3.05, 3.63) is 58.8 Å². The van der Waals surface area contributed by atoms with Crippen LogP contribution in [0.4, 0.5) is 0 Å². The Morgan fingerprint density at radius 1 is 0.826 bits per heavy atom. The van der Waals surface area contributed by atoms with Crippen LogP contribution in [0.1, 0.15) is 27.7 Å². The van der Waals surface area contributed by atoms with Crippen LogP contribution in [0.3, 0.4) is 0 Å². The molecule has 0 unspecified atom stereocenters. The fourth-order valence-electron chi connectivity index (χ4n) is 1.95. The maximum absolute atomic E-state index is 12.0. The summed E-state index contributed by atoms with van der Waals surface area (Å²) in [4.78, 5) is 12.0. The molecule has 3 aromatic rings. The predicted octanol–water partition coefficient (Wildman–Crippen LogP) is 4.92. The lowest BCUT2D eigenvalue weighted by molar-refractivity contribution is 0.473. The van der Waals surface area contributed by atoms with Gasteiger partial charge >= 0.3 is 0 Å². The van der Waals surface area contributed by atoms with E-state index in [9.17, 15) is 15.0 Å². The van der Waals surface area contributed by atoms with Crippen LogP contribution in [-0.4, -0.2) is 10.2 Å². The Morgan fingerprint density at radius 2 is 1.48 bits per heavy atom. The normalized spacial score (nSPS) is 9.39. The summed E-state index contributed by atoms with van der Waals surface area (Å²) in [5.74, 6) is 0.471. The van der Waals surface area contributed by atoms with E-state index >= 15 is 0 Å². The summed E-state index contributed by atoms with van der Waals surface area (Å²) in [6.45, 7) is 8.00. The van der Waals surface area contributed by atoms with E-state index in [-0.39, 0.29) is 16.9 Å². The highest BCUT2D eigenvalue weighted by Crippen LogP contribution is 2.26. The molecule has 0 atom stereocenters. The first kappa shape index (κ1) is 18.3. The van der Waals surface area contributed by atoms with Crippen LogP contribution >= 0.6 is 0 Å². The molecule has 23 heavy (non-hydrogen) atoms. The lowest BCUT2D eigenvalue weighted by atomic mass is 10.1. The summed E-state index contributed by atoms with van der Waals surface area (Å²) >= 11 is 0. The number of fused-ring (bicyclic) bond motifs is 1. The van der Waals surface area contributed by atoms with Crippen LogP contribution in [0.25, 0.3) is 22.3 Å². The summed E-state index contributed by atoms with van der Waals surface area (Å²) in [7, 11) is 0. The van der Waals surface area contributed by atoms with Gasteiger partial charge in [-0.15, -0.1) is 0 Å². The molecule has 0 amide bonds. The van der Waals surface area contributed by atoms with Gasteiger partial charge in [0.15, 0.2) is 5.43 Å². The van der Waals surface area contributed by atoms with E-state index in [0.717, 1.165) is 0 Å². The molecule has 1 heterocycles. The molecule has 0 spiro atoms. The highest BCUT2D eigenvalue weighted by molar-refractivity contribution is 5.80. The maximum Gasteiger partial charge on any atom is 0.193 e. The second-order valence-corrected chi connectivity index (χ2v) is 4.21. The molecule has 0 aliphatic carbocycles. The van der Waals surface area contributed by atoms with Gasteiger partial charge in [-0.25, -0.2) is 0 Å². The molecule has 122 valence electrons. The zero-order valence-corrected chi connectivity index (χ0v) is 13.8. The summed E-state index contributed by atoms with van der Waals surface area (Å²) in [6.07, 6.45) is 0. The third kappa shape index (κ3) is 4.36. The molecule has 4 heteroatoms. The quantitative estimate of drug-likeness (QED) is 0.668. The molecule has 0 radical (unpaired) electrons. The maximum atomic E-state index is 12.0. The predicted molar refractivity (Wildman–Crippen MR) is 93.9 cm³/mol. The molecular formula is C19H22O4. The van der Waals surface area contributed by atoms with Crippen molar-refractivity contribution in [2.75, 3.05) is 0 Å². The summed E-state index contributed by atoms with van der Waals surface area (Å²) in [5, 5.41) is 19.3. The van der Waals surface area contributed by atoms with E-state index in [0.29, 0.717) is 22.3 Å². The monoisotopic (exact) mass is 314 g/mol. The number of hydrogen-bond donors (Lipinski definition) is 2. The van der Waals surface area contributed by atoms with Crippen molar-refractivity contribution in [2.24, 2.45) is 0 Å². The second kappa shape index (κ2) is 8.63. The van der Waals surface area contributed by atoms with Gasteiger partial charge < -0.3 is 14.6 Å². The van der Waals surface area contributed by atoms with Crippen molar-refractivity contribution in [1.29, 1.82) is 0 Å². The van der Waals surface area contributed by atoms with Gasteiger partial charge in [0.05, 0.1) is 5.39 Å². The highest BCUT2D eigenvalue weighted by atomic mass is 16.3. The molecule has 2 N–H and O–H groups in total.